The second kappa shape index (κ2) is 10.9. The van der Waals surface area contributed by atoms with Crippen LogP contribution in [-0.4, -0.2) is 51.4 Å². The largest absolute Gasteiger partial charge is 0.454 e. The summed E-state index contributed by atoms with van der Waals surface area (Å²) in [7, 11) is 0. The van der Waals surface area contributed by atoms with Crippen LogP contribution in [0.1, 0.15) is 27.6 Å². The fourth-order valence-electron chi connectivity index (χ4n) is 4.72. The Bertz CT molecular complexity index is 1550. The molecule has 0 saturated carbocycles. The summed E-state index contributed by atoms with van der Waals surface area (Å²) in [6, 6.07) is 20.3. The van der Waals surface area contributed by atoms with Crippen LogP contribution in [0.25, 0.3) is 0 Å². The molecule has 3 aromatic carbocycles. The number of hydrogen-bond donors (Lipinski definition) is 2. The molecule has 6 rings (SSSR count). The molecule has 11 heteroatoms. The van der Waals surface area contributed by atoms with Crippen LogP contribution >= 0.6 is 15.9 Å². The summed E-state index contributed by atoms with van der Waals surface area (Å²) in [5.41, 5.74) is 2.53. The maximum absolute atomic E-state index is 13.0. The first-order valence-corrected chi connectivity index (χ1v) is 13.3. The number of halogens is 1. The van der Waals surface area contributed by atoms with Gasteiger partial charge in [0, 0.05) is 35.7 Å². The number of hydrogen-bond acceptors (Lipinski definition) is 7. The number of amides is 2. The number of fused-ring (bicyclic) bond motifs is 2. The van der Waals surface area contributed by atoms with Crippen molar-refractivity contribution in [2.24, 2.45) is 0 Å². The molecule has 0 aliphatic carbocycles. The Morgan fingerprint density at radius 3 is 2.69 bits per heavy atom. The average molecular weight is 589 g/mol. The monoisotopic (exact) mass is 588 g/mol. The van der Waals surface area contributed by atoms with E-state index >= 15 is 0 Å². The number of rotatable bonds is 7. The van der Waals surface area contributed by atoms with E-state index in [1.807, 2.05) is 17.0 Å². The molecule has 0 spiro atoms. The summed E-state index contributed by atoms with van der Waals surface area (Å²) in [5.74, 6) is 2.41. The summed E-state index contributed by atoms with van der Waals surface area (Å²) in [5, 5.41) is 14.5. The summed E-state index contributed by atoms with van der Waals surface area (Å²) in [6.07, 6.45) is 0.692. The van der Waals surface area contributed by atoms with Gasteiger partial charge in [-0.15, -0.1) is 10.2 Å². The summed E-state index contributed by atoms with van der Waals surface area (Å²) in [4.78, 5) is 28.0. The number of carbonyl (C=O) groups excluding carboxylic acids is 2. The molecule has 0 atom stereocenters. The van der Waals surface area contributed by atoms with E-state index in [1.54, 1.807) is 42.5 Å². The van der Waals surface area contributed by atoms with Crippen molar-refractivity contribution in [3.05, 3.63) is 94.0 Å². The average Bonchev–Trinajstić information content (AvgIpc) is 3.55. The Labute approximate surface area is 233 Å². The number of ether oxygens (including phenoxy) is 2. The highest BCUT2D eigenvalue weighted by atomic mass is 79.9. The van der Waals surface area contributed by atoms with Crippen molar-refractivity contribution in [2.75, 3.05) is 30.5 Å². The number of nitrogens with one attached hydrogen (secondary N) is 2. The maximum atomic E-state index is 13.0. The molecule has 0 unspecified atom stereocenters. The van der Waals surface area contributed by atoms with Gasteiger partial charge in [0.15, 0.2) is 11.5 Å². The molecule has 0 bridgehead atoms. The van der Waals surface area contributed by atoms with E-state index in [0.29, 0.717) is 54.5 Å². The first-order chi connectivity index (χ1) is 19.0. The minimum Gasteiger partial charge on any atom is -0.454 e. The summed E-state index contributed by atoms with van der Waals surface area (Å²) in [6.45, 7) is 2.24. The van der Waals surface area contributed by atoms with Gasteiger partial charge in [0.05, 0.1) is 24.3 Å². The van der Waals surface area contributed by atoms with Crippen LogP contribution in [0.5, 0.6) is 11.5 Å². The standard InChI is InChI=1S/C28H25BrN6O4/c29-19-5-3-4-18(12-19)13-25-32-33-26-15-34(10-11-35(25)26)16-27(36)31-22-7-2-1-6-21(22)28(37)30-20-8-9-23-24(14-20)39-17-38-23/h1-9,12,14H,10-11,13,15-17H2,(H,30,37)(H,31,36). The van der Waals surface area contributed by atoms with Crippen molar-refractivity contribution in [2.45, 2.75) is 19.5 Å². The van der Waals surface area contributed by atoms with Gasteiger partial charge in [-0.2, -0.15) is 0 Å². The highest BCUT2D eigenvalue weighted by Gasteiger charge is 2.24. The van der Waals surface area contributed by atoms with Gasteiger partial charge in [-0.3, -0.25) is 14.5 Å². The lowest BCUT2D eigenvalue weighted by atomic mass is 10.1. The maximum Gasteiger partial charge on any atom is 0.257 e. The van der Waals surface area contributed by atoms with E-state index in [9.17, 15) is 9.59 Å². The molecule has 2 aliphatic rings. The number of anilines is 2. The second-order valence-electron chi connectivity index (χ2n) is 9.32. The van der Waals surface area contributed by atoms with Gasteiger partial charge in [-0.05, 0) is 42.0 Å². The fraction of sp³-hybridized carbons (Fsp3) is 0.214. The number of para-hydroxylation sites is 1. The molecular formula is C28H25BrN6O4. The molecule has 2 N–H and O–H groups in total. The highest BCUT2D eigenvalue weighted by Crippen LogP contribution is 2.34. The Kier molecular flexibility index (Phi) is 6.99. The molecule has 2 aliphatic heterocycles. The molecule has 10 nitrogen and oxygen atoms in total. The third-order valence-electron chi connectivity index (χ3n) is 6.60. The Morgan fingerprint density at radius 2 is 1.79 bits per heavy atom. The van der Waals surface area contributed by atoms with Gasteiger partial charge >= 0.3 is 0 Å². The summed E-state index contributed by atoms with van der Waals surface area (Å²) < 4.78 is 13.9. The minimum atomic E-state index is -0.339. The van der Waals surface area contributed by atoms with Crippen molar-refractivity contribution >= 4 is 39.1 Å². The second-order valence-corrected chi connectivity index (χ2v) is 10.2. The Hall–Kier alpha value is -4.22. The van der Waals surface area contributed by atoms with Gasteiger partial charge in [0.2, 0.25) is 12.7 Å². The lowest BCUT2D eigenvalue weighted by Gasteiger charge is -2.27. The predicted molar refractivity (Wildman–Crippen MR) is 148 cm³/mol. The van der Waals surface area contributed by atoms with Crippen LogP contribution < -0.4 is 20.1 Å². The lowest BCUT2D eigenvalue weighted by Crippen LogP contribution is -2.39. The van der Waals surface area contributed by atoms with Gasteiger partial charge in [0.25, 0.3) is 5.91 Å². The molecule has 1 aromatic heterocycles. The lowest BCUT2D eigenvalue weighted by molar-refractivity contribution is -0.117. The van der Waals surface area contributed by atoms with Crippen molar-refractivity contribution in [1.82, 2.24) is 19.7 Å². The third-order valence-corrected chi connectivity index (χ3v) is 7.10. The van der Waals surface area contributed by atoms with Crippen LogP contribution in [0.4, 0.5) is 11.4 Å². The number of nitrogens with zero attached hydrogens (tertiary/aromatic N) is 4. The SMILES string of the molecule is O=C(CN1CCn2c(Cc3cccc(Br)c3)nnc2C1)Nc1ccccc1C(=O)Nc1ccc2c(c1)OCO2. The molecule has 0 saturated heterocycles. The van der Waals surface area contributed by atoms with Crippen LogP contribution in [0.15, 0.2) is 71.2 Å². The zero-order valence-corrected chi connectivity index (χ0v) is 22.5. The van der Waals surface area contributed by atoms with E-state index in [1.165, 1.54) is 0 Å². The van der Waals surface area contributed by atoms with Gasteiger partial charge in [-0.1, -0.05) is 40.2 Å². The van der Waals surface area contributed by atoms with Crippen molar-refractivity contribution in [3.63, 3.8) is 0 Å². The Morgan fingerprint density at radius 1 is 0.923 bits per heavy atom. The number of aromatic nitrogens is 3. The van der Waals surface area contributed by atoms with Gasteiger partial charge in [0.1, 0.15) is 11.6 Å². The molecule has 3 heterocycles. The molecular weight excluding hydrogens is 564 g/mol. The van der Waals surface area contributed by atoms with E-state index in [-0.39, 0.29) is 25.2 Å². The third kappa shape index (κ3) is 5.64. The van der Waals surface area contributed by atoms with Crippen LogP contribution in [0.2, 0.25) is 0 Å². The van der Waals surface area contributed by atoms with E-state index in [4.69, 9.17) is 9.47 Å². The zero-order chi connectivity index (χ0) is 26.8. The van der Waals surface area contributed by atoms with E-state index in [2.05, 4.69) is 53.5 Å². The molecule has 2 amide bonds. The number of benzene rings is 3. The molecule has 0 radical (unpaired) electrons. The first-order valence-electron chi connectivity index (χ1n) is 12.5. The fourth-order valence-corrected chi connectivity index (χ4v) is 5.17. The molecule has 4 aromatic rings. The normalized spacial score (nSPS) is 14.1. The van der Waals surface area contributed by atoms with Crippen LogP contribution in [0.3, 0.4) is 0 Å². The van der Waals surface area contributed by atoms with Gasteiger partial charge < -0.3 is 24.7 Å². The minimum absolute atomic E-state index is 0.157. The van der Waals surface area contributed by atoms with Crippen molar-refractivity contribution < 1.29 is 19.1 Å². The first kappa shape index (κ1) is 25.1. The van der Waals surface area contributed by atoms with Crippen molar-refractivity contribution in [1.29, 1.82) is 0 Å². The van der Waals surface area contributed by atoms with Crippen LogP contribution in [0, 0.1) is 0 Å². The molecule has 39 heavy (non-hydrogen) atoms. The predicted octanol–water partition coefficient (Wildman–Crippen LogP) is 4.07. The topological polar surface area (TPSA) is 111 Å². The Balaban J connectivity index is 1.07. The van der Waals surface area contributed by atoms with Crippen LogP contribution in [-0.2, 0) is 24.3 Å². The zero-order valence-electron chi connectivity index (χ0n) is 20.9. The quantitative estimate of drug-likeness (QED) is 0.335. The highest BCUT2D eigenvalue weighted by molar-refractivity contribution is 9.10. The van der Waals surface area contributed by atoms with Gasteiger partial charge in [-0.25, -0.2) is 0 Å². The summed E-state index contributed by atoms with van der Waals surface area (Å²) >= 11 is 3.51. The smallest absolute Gasteiger partial charge is 0.257 e. The number of carbonyl (C=O) groups is 2. The molecule has 198 valence electrons. The van der Waals surface area contributed by atoms with E-state index < -0.39 is 0 Å². The molecule has 0 fully saturated rings. The van der Waals surface area contributed by atoms with Crippen molar-refractivity contribution in [3.8, 4) is 11.5 Å². The van der Waals surface area contributed by atoms with E-state index in [0.717, 1.165) is 21.7 Å².